The lowest BCUT2D eigenvalue weighted by Gasteiger charge is -2.16. The van der Waals surface area contributed by atoms with E-state index in [1.54, 1.807) is 6.33 Å². The zero-order valence-electron chi connectivity index (χ0n) is 9.60. The molecule has 0 aliphatic rings. The smallest absolute Gasteiger partial charge is 0.126 e. The summed E-state index contributed by atoms with van der Waals surface area (Å²) < 4.78 is 5.77. The van der Waals surface area contributed by atoms with E-state index < -0.39 is 0 Å². The third kappa shape index (κ3) is 2.14. The quantitative estimate of drug-likeness (QED) is 0.853. The second-order valence-corrected chi connectivity index (χ2v) is 3.66. The number of nitrogens with one attached hydrogen (secondary N) is 1. The number of H-pyrrole nitrogens is 1. The van der Waals surface area contributed by atoms with Crippen LogP contribution in [-0.2, 0) is 4.74 Å². The Kier molecular flexibility index (Phi) is 3.37. The van der Waals surface area contributed by atoms with Gasteiger partial charge in [-0.3, -0.25) is 0 Å². The van der Waals surface area contributed by atoms with Gasteiger partial charge in [-0.05, 0) is 19.4 Å². The molecule has 0 saturated heterocycles. The van der Waals surface area contributed by atoms with Gasteiger partial charge >= 0.3 is 0 Å². The van der Waals surface area contributed by atoms with Gasteiger partial charge in [-0.15, -0.1) is 0 Å². The Morgan fingerprint density at radius 3 is 2.62 bits per heavy atom. The van der Waals surface area contributed by atoms with Crippen LogP contribution in [0.1, 0.15) is 30.0 Å². The van der Waals surface area contributed by atoms with Crippen LogP contribution in [0.3, 0.4) is 0 Å². The molecule has 3 heteroatoms. The Morgan fingerprint density at radius 1 is 1.31 bits per heavy atom. The summed E-state index contributed by atoms with van der Waals surface area (Å²) in [6, 6.07) is 10.2. The maximum atomic E-state index is 5.77. The third-order valence-electron chi connectivity index (χ3n) is 2.55. The van der Waals surface area contributed by atoms with E-state index in [0.717, 1.165) is 17.0 Å². The van der Waals surface area contributed by atoms with Gasteiger partial charge in [0.1, 0.15) is 6.10 Å². The topological polar surface area (TPSA) is 37.9 Å². The van der Waals surface area contributed by atoms with Crippen LogP contribution < -0.4 is 0 Å². The van der Waals surface area contributed by atoms with Crippen molar-refractivity contribution in [3.05, 3.63) is 53.6 Å². The molecule has 0 aliphatic carbocycles. The molecule has 3 nitrogen and oxygen atoms in total. The molecule has 1 atom stereocenters. The zero-order valence-corrected chi connectivity index (χ0v) is 9.60. The minimum Gasteiger partial charge on any atom is -0.367 e. The summed E-state index contributed by atoms with van der Waals surface area (Å²) in [4.78, 5) is 7.42. The van der Waals surface area contributed by atoms with Crippen LogP contribution in [0.4, 0.5) is 0 Å². The summed E-state index contributed by atoms with van der Waals surface area (Å²) in [5, 5.41) is 0. The lowest BCUT2D eigenvalue weighted by Crippen LogP contribution is -2.07. The molecule has 0 radical (unpaired) electrons. The van der Waals surface area contributed by atoms with Crippen molar-refractivity contribution in [2.24, 2.45) is 0 Å². The van der Waals surface area contributed by atoms with Gasteiger partial charge in [0.25, 0.3) is 0 Å². The molecule has 0 aliphatic heterocycles. The zero-order chi connectivity index (χ0) is 11.4. The van der Waals surface area contributed by atoms with Crippen molar-refractivity contribution < 1.29 is 4.74 Å². The molecule has 1 aromatic heterocycles. The van der Waals surface area contributed by atoms with Gasteiger partial charge in [0.05, 0.1) is 12.0 Å². The van der Waals surface area contributed by atoms with Crippen LogP contribution >= 0.6 is 0 Å². The predicted octanol–water partition coefficient (Wildman–Crippen LogP) is 2.84. The van der Waals surface area contributed by atoms with Crippen LogP contribution in [0.15, 0.2) is 36.7 Å². The standard InChI is InChI=1S/C13H16N2O/c1-3-16-13(11-7-5-4-6-8-11)12-10(2)14-9-15-12/h4-9,13H,3H2,1-2H3,(H,14,15). The Bertz CT molecular complexity index is 436. The number of aromatic amines is 1. The molecule has 1 aromatic carbocycles. The number of hydrogen-bond acceptors (Lipinski definition) is 2. The van der Waals surface area contributed by atoms with Gasteiger partial charge in [0, 0.05) is 12.3 Å². The van der Waals surface area contributed by atoms with E-state index in [0.29, 0.717) is 6.61 Å². The Hall–Kier alpha value is -1.61. The molecule has 84 valence electrons. The van der Waals surface area contributed by atoms with Crippen LogP contribution in [0, 0.1) is 6.92 Å². The largest absolute Gasteiger partial charge is 0.367 e. The lowest BCUT2D eigenvalue weighted by molar-refractivity contribution is 0.0882. The summed E-state index contributed by atoms with van der Waals surface area (Å²) in [7, 11) is 0. The van der Waals surface area contributed by atoms with Gasteiger partial charge < -0.3 is 9.72 Å². The van der Waals surface area contributed by atoms with Crippen LogP contribution in [0.25, 0.3) is 0 Å². The van der Waals surface area contributed by atoms with Crippen LogP contribution in [0.5, 0.6) is 0 Å². The second kappa shape index (κ2) is 4.94. The summed E-state index contributed by atoms with van der Waals surface area (Å²) in [5.41, 5.74) is 3.16. The highest BCUT2D eigenvalue weighted by molar-refractivity contribution is 5.27. The van der Waals surface area contributed by atoms with E-state index in [9.17, 15) is 0 Å². The fraction of sp³-hybridized carbons (Fsp3) is 0.308. The van der Waals surface area contributed by atoms with Gasteiger partial charge in [-0.1, -0.05) is 30.3 Å². The molecular formula is C13H16N2O. The van der Waals surface area contributed by atoms with Gasteiger partial charge in [-0.2, -0.15) is 0 Å². The third-order valence-corrected chi connectivity index (χ3v) is 2.55. The molecule has 16 heavy (non-hydrogen) atoms. The number of hydrogen-bond donors (Lipinski definition) is 1. The molecule has 0 fully saturated rings. The highest BCUT2D eigenvalue weighted by Crippen LogP contribution is 2.25. The Balaban J connectivity index is 2.35. The molecule has 1 unspecified atom stereocenters. The minimum absolute atomic E-state index is 0.0718. The number of imidazole rings is 1. The number of benzene rings is 1. The SMILES string of the molecule is CCOC(c1ccccc1)c1nc[nH]c1C. The first-order chi connectivity index (χ1) is 7.83. The molecule has 2 rings (SSSR count). The highest BCUT2D eigenvalue weighted by Gasteiger charge is 2.18. The van der Waals surface area contributed by atoms with Gasteiger partial charge in [0.2, 0.25) is 0 Å². The Labute approximate surface area is 95.5 Å². The van der Waals surface area contributed by atoms with E-state index in [4.69, 9.17) is 4.74 Å². The number of aromatic nitrogens is 2. The number of ether oxygens (including phenoxy) is 1. The average molecular weight is 216 g/mol. The summed E-state index contributed by atoms with van der Waals surface area (Å²) in [5.74, 6) is 0. The molecule has 0 amide bonds. The molecule has 2 aromatic rings. The number of rotatable bonds is 4. The maximum absolute atomic E-state index is 5.77. The molecular weight excluding hydrogens is 200 g/mol. The average Bonchev–Trinajstić information content (AvgIpc) is 2.73. The monoisotopic (exact) mass is 216 g/mol. The van der Waals surface area contributed by atoms with Crippen molar-refractivity contribution in [2.45, 2.75) is 20.0 Å². The first-order valence-corrected chi connectivity index (χ1v) is 5.49. The van der Waals surface area contributed by atoms with Crippen molar-refractivity contribution in [3.8, 4) is 0 Å². The van der Waals surface area contributed by atoms with E-state index in [-0.39, 0.29) is 6.10 Å². The summed E-state index contributed by atoms with van der Waals surface area (Å²) >= 11 is 0. The first-order valence-electron chi connectivity index (χ1n) is 5.49. The summed E-state index contributed by atoms with van der Waals surface area (Å²) in [6.07, 6.45) is 1.64. The fourth-order valence-corrected chi connectivity index (χ4v) is 1.76. The lowest BCUT2D eigenvalue weighted by atomic mass is 10.1. The van der Waals surface area contributed by atoms with Crippen molar-refractivity contribution in [2.75, 3.05) is 6.61 Å². The second-order valence-electron chi connectivity index (χ2n) is 3.66. The van der Waals surface area contributed by atoms with Crippen molar-refractivity contribution in [1.29, 1.82) is 0 Å². The summed E-state index contributed by atoms with van der Waals surface area (Å²) in [6.45, 7) is 4.68. The number of nitrogens with zero attached hydrogens (tertiary/aromatic N) is 1. The van der Waals surface area contributed by atoms with E-state index >= 15 is 0 Å². The molecule has 1 N–H and O–H groups in total. The van der Waals surface area contributed by atoms with E-state index in [2.05, 4.69) is 22.1 Å². The highest BCUT2D eigenvalue weighted by atomic mass is 16.5. The first kappa shape index (κ1) is 10.9. The van der Waals surface area contributed by atoms with Gasteiger partial charge in [-0.25, -0.2) is 4.98 Å². The Morgan fingerprint density at radius 2 is 2.06 bits per heavy atom. The van der Waals surface area contributed by atoms with Crippen LogP contribution in [0.2, 0.25) is 0 Å². The van der Waals surface area contributed by atoms with Crippen molar-refractivity contribution in [1.82, 2.24) is 9.97 Å². The van der Waals surface area contributed by atoms with E-state index in [1.165, 1.54) is 0 Å². The van der Waals surface area contributed by atoms with Crippen molar-refractivity contribution in [3.63, 3.8) is 0 Å². The molecule has 1 heterocycles. The molecule has 0 spiro atoms. The predicted molar refractivity (Wildman–Crippen MR) is 63.2 cm³/mol. The number of aryl methyl sites for hydroxylation is 1. The maximum Gasteiger partial charge on any atom is 0.126 e. The fourth-order valence-electron chi connectivity index (χ4n) is 1.76. The molecule has 0 bridgehead atoms. The van der Waals surface area contributed by atoms with Gasteiger partial charge in [0.15, 0.2) is 0 Å². The van der Waals surface area contributed by atoms with E-state index in [1.807, 2.05) is 32.0 Å². The molecule has 0 saturated carbocycles. The normalized spacial score (nSPS) is 12.6. The van der Waals surface area contributed by atoms with Crippen LogP contribution in [-0.4, -0.2) is 16.6 Å². The minimum atomic E-state index is -0.0718. The van der Waals surface area contributed by atoms with Crippen molar-refractivity contribution >= 4 is 0 Å².